The Morgan fingerprint density at radius 2 is 2.14 bits per heavy atom. The Labute approximate surface area is 81.6 Å². The van der Waals surface area contributed by atoms with Gasteiger partial charge in [0.2, 0.25) is 0 Å². The van der Waals surface area contributed by atoms with E-state index in [0.717, 1.165) is 6.20 Å². The van der Waals surface area contributed by atoms with Crippen LogP contribution in [0.3, 0.4) is 0 Å². The molecule has 1 atom stereocenters. The summed E-state index contributed by atoms with van der Waals surface area (Å²) in [5, 5.41) is 8.93. The number of hydrogen-bond acceptors (Lipinski definition) is 2. The first-order valence-electron chi connectivity index (χ1n) is 4.36. The van der Waals surface area contributed by atoms with E-state index in [1.807, 2.05) is 0 Å². The molecule has 0 aliphatic rings. The summed E-state index contributed by atoms with van der Waals surface area (Å²) >= 11 is 0. The van der Waals surface area contributed by atoms with Crippen molar-refractivity contribution in [1.82, 2.24) is 4.98 Å². The highest BCUT2D eigenvalue weighted by atomic mass is 19.1. The summed E-state index contributed by atoms with van der Waals surface area (Å²) in [6.45, 7) is 3.59. The van der Waals surface area contributed by atoms with Gasteiger partial charge in [0.1, 0.15) is 11.7 Å². The van der Waals surface area contributed by atoms with Gasteiger partial charge in [-0.15, -0.1) is 0 Å². The Bertz CT molecular complexity index is 321. The Morgan fingerprint density at radius 3 is 2.50 bits per heavy atom. The van der Waals surface area contributed by atoms with Crippen molar-refractivity contribution in [3.8, 4) is 0 Å². The van der Waals surface area contributed by atoms with Crippen LogP contribution < -0.4 is 0 Å². The van der Waals surface area contributed by atoms with Crippen molar-refractivity contribution < 1.29 is 14.3 Å². The van der Waals surface area contributed by atoms with Gasteiger partial charge in [-0.1, -0.05) is 13.8 Å². The normalized spacial score (nSPS) is 12.9. The predicted octanol–water partition coefficient (Wildman–Crippen LogP) is 2.04. The molecule has 3 nitrogen and oxygen atoms in total. The number of carboxylic acid groups (broad SMARTS) is 1. The van der Waals surface area contributed by atoms with E-state index >= 15 is 0 Å². The topological polar surface area (TPSA) is 50.2 Å². The highest BCUT2D eigenvalue weighted by Gasteiger charge is 2.24. The molecule has 76 valence electrons. The second-order valence-corrected chi connectivity index (χ2v) is 3.46. The molecule has 0 radical (unpaired) electrons. The highest BCUT2D eigenvalue weighted by molar-refractivity contribution is 5.75. The molecule has 1 unspecified atom stereocenters. The molecule has 0 fully saturated rings. The van der Waals surface area contributed by atoms with E-state index in [1.54, 1.807) is 13.8 Å². The Hall–Kier alpha value is -1.45. The van der Waals surface area contributed by atoms with Crippen molar-refractivity contribution in [2.24, 2.45) is 5.92 Å². The van der Waals surface area contributed by atoms with Gasteiger partial charge in [0.25, 0.3) is 0 Å². The van der Waals surface area contributed by atoms with Gasteiger partial charge in [-0.05, 0) is 18.1 Å². The Balaban J connectivity index is 3.00. The van der Waals surface area contributed by atoms with E-state index < -0.39 is 17.7 Å². The van der Waals surface area contributed by atoms with Gasteiger partial charge in [-0.3, -0.25) is 9.78 Å². The lowest BCUT2D eigenvalue weighted by atomic mass is 9.92. The molecule has 0 aliphatic heterocycles. The average Bonchev–Trinajstić information content (AvgIpc) is 2.07. The second kappa shape index (κ2) is 4.17. The maximum Gasteiger partial charge on any atom is 0.312 e. The Kier molecular flexibility index (Phi) is 3.17. The highest BCUT2D eigenvalue weighted by Crippen LogP contribution is 2.22. The zero-order valence-electron chi connectivity index (χ0n) is 8.07. The minimum absolute atomic E-state index is 0.0644. The minimum atomic E-state index is -0.931. The van der Waals surface area contributed by atoms with Gasteiger partial charge in [-0.25, -0.2) is 4.39 Å². The summed E-state index contributed by atoms with van der Waals surface area (Å²) in [7, 11) is 0. The number of hydrogen-bond donors (Lipinski definition) is 1. The standard InChI is InChI=1S/C10H12FNO2/c1-6(2)9(10(13)14)8-4-3-7(11)5-12-8/h3-6,9H,1-2H3,(H,13,14). The number of rotatable bonds is 3. The van der Waals surface area contributed by atoms with Crippen LogP contribution in [0.25, 0.3) is 0 Å². The summed E-state index contributed by atoms with van der Waals surface area (Å²) in [4.78, 5) is 14.7. The minimum Gasteiger partial charge on any atom is -0.481 e. The molecule has 1 aromatic heterocycles. The van der Waals surface area contributed by atoms with Crippen LogP contribution in [-0.2, 0) is 4.79 Å². The quantitative estimate of drug-likeness (QED) is 0.806. The van der Waals surface area contributed by atoms with E-state index in [4.69, 9.17) is 5.11 Å². The van der Waals surface area contributed by atoms with Gasteiger partial charge in [0, 0.05) is 0 Å². The third-order valence-electron chi connectivity index (χ3n) is 2.00. The summed E-state index contributed by atoms with van der Waals surface area (Å²) < 4.78 is 12.5. The molecule has 0 saturated heterocycles. The molecule has 1 N–H and O–H groups in total. The van der Waals surface area contributed by atoms with E-state index in [-0.39, 0.29) is 5.92 Å². The lowest BCUT2D eigenvalue weighted by molar-refractivity contribution is -0.140. The lowest BCUT2D eigenvalue weighted by Crippen LogP contribution is -2.18. The average molecular weight is 197 g/mol. The van der Waals surface area contributed by atoms with Gasteiger partial charge in [0.05, 0.1) is 11.9 Å². The summed E-state index contributed by atoms with van der Waals surface area (Å²) in [6, 6.07) is 2.63. The first-order valence-corrected chi connectivity index (χ1v) is 4.36. The van der Waals surface area contributed by atoms with Crippen molar-refractivity contribution in [1.29, 1.82) is 0 Å². The fourth-order valence-corrected chi connectivity index (χ4v) is 1.32. The van der Waals surface area contributed by atoms with E-state index in [1.165, 1.54) is 12.1 Å². The number of aromatic nitrogens is 1. The summed E-state index contributed by atoms with van der Waals surface area (Å²) in [5.41, 5.74) is 0.397. The monoisotopic (exact) mass is 197 g/mol. The third kappa shape index (κ3) is 2.28. The van der Waals surface area contributed by atoms with Crippen LogP contribution in [0.5, 0.6) is 0 Å². The molecule has 0 aliphatic carbocycles. The fraction of sp³-hybridized carbons (Fsp3) is 0.400. The number of pyridine rings is 1. The molecule has 1 aromatic rings. The number of carbonyl (C=O) groups is 1. The van der Waals surface area contributed by atoms with Crippen molar-refractivity contribution >= 4 is 5.97 Å². The second-order valence-electron chi connectivity index (χ2n) is 3.46. The molecule has 0 aromatic carbocycles. The fourth-order valence-electron chi connectivity index (χ4n) is 1.32. The number of carboxylic acids is 1. The molecule has 0 amide bonds. The van der Waals surface area contributed by atoms with E-state index in [2.05, 4.69) is 4.98 Å². The lowest BCUT2D eigenvalue weighted by Gasteiger charge is -2.14. The number of aliphatic carboxylic acids is 1. The maximum absolute atomic E-state index is 12.5. The molecule has 4 heteroatoms. The van der Waals surface area contributed by atoms with E-state index in [9.17, 15) is 9.18 Å². The maximum atomic E-state index is 12.5. The summed E-state index contributed by atoms with van der Waals surface area (Å²) in [5.74, 6) is -2.12. The zero-order chi connectivity index (χ0) is 10.7. The SMILES string of the molecule is CC(C)C(C(=O)O)c1ccc(F)cn1. The number of nitrogens with zero attached hydrogens (tertiary/aromatic N) is 1. The molecule has 1 rings (SSSR count). The Morgan fingerprint density at radius 1 is 1.50 bits per heavy atom. The first-order chi connectivity index (χ1) is 6.52. The van der Waals surface area contributed by atoms with Crippen LogP contribution in [0.2, 0.25) is 0 Å². The molecule has 14 heavy (non-hydrogen) atoms. The van der Waals surface area contributed by atoms with Gasteiger partial charge in [0.15, 0.2) is 0 Å². The van der Waals surface area contributed by atoms with Crippen LogP contribution >= 0.6 is 0 Å². The molecule has 0 spiro atoms. The van der Waals surface area contributed by atoms with Crippen LogP contribution in [0, 0.1) is 11.7 Å². The third-order valence-corrected chi connectivity index (χ3v) is 2.00. The number of halogens is 1. The smallest absolute Gasteiger partial charge is 0.312 e. The molecular formula is C10H12FNO2. The van der Waals surface area contributed by atoms with Crippen molar-refractivity contribution in [3.63, 3.8) is 0 Å². The predicted molar refractivity (Wildman–Crippen MR) is 49.4 cm³/mol. The van der Waals surface area contributed by atoms with Crippen molar-refractivity contribution in [2.75, 3.05) is 0 Å². The van der Waals surface area contributed by atoms with Crippen LogP contribution in [-0.4, -0.2) is 16.1 Å². The van der Waals surface area contributed by atoms with Gasteiger partial charge < -0.3 is 5.11 Å². The van der Waals surface area contributed by atoms with Crippen LogP contribution in [0.15, 0.2) is 18.3 Å². The van der Waals surface area contributed by atoms with Crippen molar-refractivity contribution in [2.45, 2.75) is 19.8 Å². The molecule has 0 bridgehead atoms. The van der Waals surface area contributed by atoms with Crippen LogP contribution in [0.1, 0.15) is 25.5 Å². The molecule has 1 heterocycles. The van der Waals surface area contributed by atoms with Gasteiger partial charge >= 0.3 is 5.97 Å². The molecule has 0 saturated carbocycles. The zero-order valence-corrected chi connectivity index (χ0v) is 8.07. The van der Waals surface area contributed by atoms with E-state index in [0.29, 0.717) is 5.69 Å². The summed E-state index contributed by atoms with van der Waals surface area (Å²) in [6.07, 6.45) is 1.04. The van der Waals surface area contributed by atoms with Crippen LogP contribution in [0.4, 0.5) is 4.39 Å². The largest absolute Gasteiger partial charge is 0.481 e. The first kappa shape index (κ1) is 10.6. The van der Waals surface area contributed by atoms with Crippen molar-refractivity contribution in [3.05, 3.63) is 29.8 Å². The van der Waals surface area contributed by atoms with Gasteiger partial charge in [-0.2, -0.15) is 0 Å². The molecular weight excluding hydrogens is 185 g/mol.